The first-order valence-corrected chi connectivity index (χ1v) is 19.4. The number of rotatable bonds is 34. The minimum atomic E-state index is -0.712. The van der Waals surface area contributed by atoms with Crippen molar-refractivity contribution < 1.29 is 19.4 Å². The average molecular weight is 653 g/mol. The molecule has 0 saturated heterocycles. The maximum atomic E-state index is 12.7. The largest absolute Gasteiger partial charge is 0.481 e. The third-order valence-corrected chi connectivity index (χ3v) is 8.16. The van der Waals surface area contributed by atoms with Crippen molar-refractivity contribution in [3.8, 4) is 0 Å². The van der Waals surface area contributed by atoms with Crippen molar-refractivity contribution in [3.63, 3.8) is 0 Å². The summed E-state index contributed by atoms with van der Waals surface area (Å²) >= 11 is 0. The topological polar surface area (TPSA) is 63.6 Å². The van der Waals surface area contributed by atoms with E-state index in [1.54, 1.807) is 0 Å². The van der Waals surface area contributed by atoms with Crippen molar-refractivity contribution in [2.45, 2.75) is 187 Å². The molecule has 0 aliphatic rings. The highest BCUT2D eigenvalue weighted by Gasteiger charge is 2.14. The number of aliphatic carboxylic acids is 1. The third kappa shape index (κ3) is 37.7. The fourth-order valence-corrected chi connectivity index (χ4v) is 5.31. The molecule has 0 radical (unpaired) electrons. The monoisotopic (exact) mass is 653 g/mol. The minimum Gasteiger partial charge on any atom is -0.481 e. The zero-order valence-corrected chi connectivity index (χ0v) is 30.6. The van der Waals surface area contributed by atoms with E-state index in [1.807, 2.05) is 0 Å². The highest BCUT2D eigenvalue weighted by molar-refractivity contribution is 5.69. The van der Waals surface area contributed by atoms with Gasteiger partial charge in [0.05, 0.1) is 0 Å². The Hall–Kier alpha value is -2.62. The van der Waals surface area contributed by atoms with Crippen molar-refractivity contribution in [1.82, 2.24) is 0 Å². The van der Waals surface area contributed by atoms with Crippen LogP contribution in [0.4, 0.5) is 0 Å². The van der Waals surface area contributed by atoms with Crippen molar-refractivity contribution in [2.75, 3.05) is 0 Å². The Morgan fingerprint density at radius 1 is 0.489 bits per heavy atom. The average Bonchev–Trinajstić information content (AvgIpc) is 3.05. The van der Waals surface area contributed by atoms with E-state index in [2.05, 4.69) is 86.8 Å². The lowest BCUT2D eigenvalue weighted by Gasteiger charge is -2.18. The van der Waals surface area contributed by atoms with Gasteiger partial charge in [-0.1, -0.05) is 138 Å². The van der Waals surface area contributed by atoms with Gasteiger partial charge in [-0.15, -0.1) is 0 Å². The summed E-state index contributed by atoms with van der Waals surface area (Å²) in [5, 5.41) is 8.82. The zero-order valence-electron chi connectivity index (χ0n) is 30.6. The molecule has 47 heavy (non-hydrogen) atoms. The fraction of sp³-hybridized carbons (Fsp3) is 0.674. The molecule has 0 aromatic carbocycles. The standard InChI is InChI=1S/C43H72O4/c1-3-5-7-9-11-13-15-17-19-20-22-24-26-29-33-37-41(38-34-30-28-31-35-39-42(44)45)47-43(46)40-36-32-27-25-23-21-18-16-14-12-10-8-6-4-2/h5,7,10-13,16-19,22,24,41H,3-4,6,8-9,14-15,20-21,23,25-40H2,1-2H3,(H,44,45)/b7-5-,12-10-,13-11-,18-16-,19-17-,24-22-. The zero-order chi connectivity index (χ0) is 34.3. The summed E-state index contributed by atoms with van der Waals surface area (Å²) in [6.07, 6.45) is 53.4. The van der Waals surface area contributed by atoms with Crippen LogP contribution in [0.15, 0.2) is 72.9 Å². The molecule has 4 nitrogen and oxygen atoms in total. The van der Waals surface area contributed by atoms with Gasteiger partial charge < -0.3 is 9.84 Å². The third-order valence-electron chi connectivity index (χ3n) is 8.16. The summed E-state index contributed by atoms with van der Waals surface area (Å²) in [6.45, 7) is 4.39. The summed E-state index contributed by atoms with van der Waals surface area (Å²) in [5.41, 5.74) is 0. The van der Waals surface area contributed by atoms with E-state index in [4.69, 9.17) is 9.84 Å². The summed E-state index contributed by atoms with van der Waals surface area (Å²) in [4.78, 5) is 23.4. The number of allylic oxidation sites excluding steroid dienone is 12. The molecule has 4 heteroatoms. The van der Waals surface area contributed by atoms with Crippen LogP contribution in [0.3, 0.4) is 0 Å². The molecule has 0 aromatic rings. The summed E-state index contributed by atoms with van der Waals surface area (Å²) in [5.74, 6) is -0.749. The maximum Gasteiger partial charge on any atom is 0.306 e. The Morgan fingerprint density at radius 2 is 0.894 bits per heavy atom. The number of unbranched alkanes of at least 4 members (excludes halogenated alkanes) is 13. The molecule has 1 N–H and O–H groups in total. The van der Waals surface area contributed by atoms with Crippen molar-refractivity contribution >= 4 is 11.9 Å². The SMILES string of the molecule is CC/C=C\C/C=C\C/C=C\C/C=C\CCCCC(CCCCCCCC(=O)O)OC(=O)CCCCCCC/C=C\C/C=C\CCCC. The molecule has 0 heterocycles. The van der Waals surface area contributed by atoms with Crippen LogP contribution in [0.1, 0.15) is 181 Å². The van der Waals surface area contributed by atoms with Crippen molar-refractivity contribution in [1.29, 1.82) is 0 Å². The second-order valence-electron chi connectivity index (χ2n) is 12.7. The molecule has 0 rings (SSSR count). The summed E-state index contributed by atoms with van der Waals surface area (Å²) in [6, 6.07) is 0. The maximum absolute atomic E-state index is 12.7. The highest BCUT2D eigenvalue weighted by Crippen LogP contribution is 2.18. The van der Waals surface area contributed by atoms with E-state index in [9.17, 15) is 9.59 Å². The summed E-state index contributed by atoms with van der Waals surface area (Å²) in [7, 11) is 0. The van der Waals surface area contributed by atoms with Gasteiger partial charge >= 0.3 is 11.9 Å². The number of carbonyl (C=O) groups is 2. The van der Waals surface area contributed by atoms with Crippen LogP contribution < -0.4 is 0 Å². The smallest absolute Gasteiger partial charge is 0.306 e. The predicted molar refractivity (Wildman–Crippen MR) is 204 cm³/mol. The quantitative estimate of drug-likeness (QED) is 0.0427. The number of carboxylic acid groups (broad SMARTS) is 1. The van der Waals surface area contributed by atoms with Gasteiger partial charge in [0.15, 0.2) is 0 Å². The molecule has 0 fully saturated rings. The van der Waals surface area contributed by atoms with Crippen LogP contribution in [0.25, 0.3) is 0 Å². The lowest BCUT2D eigenvalue weighted by atomic mass is 10.0. The highest BCUT2D eigenvalue weighted by atomic mass is 16.5. The fourth-order valence-electron chi connectivity index (χ4n) is 5.31. The van der Waals surface area contributed by atoms with Crippen LogP contribution in [0.5, 0.6) is 0 Å². The van der Waals surface area contributed by atoms with Gasteiger partial charge in [0.1, 0.15) is 6.10 Å². The first kappa shape index (κ1) is 44.4. The summed E-state index contributed by atoms with van der Waals surface area (Å²) < 4.78 is 5.97. The van der Waals surface area contributed by atoms with E-state index in [1.165, 1.54) is 38.5 Å². The molecule has 0 bridgehead atoms. The molecular weight excluding hydrogens is 580 g/mol. The number of carboxylic acids is 1. The van der Waals surface area contributed by atoms with E-state index >= 15 is 0 Å². The Balaban J connectivity index is 4.21. The lowest BCUT2D eigenvalue weighted by Crippen LogP contribution is -2.18. The Bertz CT molecular complexity index is 876. The second-order valence-corrected chi connectivity index (χ2v) is 12.7. The number of hydrogen-bond acceptors (Lipinski definition) is 3. The van der Waals surface area contributed by atoms with Crippen LogP contribution in [0.2, 0.25) is 0 Å². The number of esters is 1. The molecule has 0 saturated carbocycles. The molecule has 1 atom stereocenters. The van der Waals surface area contributed by atoms with E-state index in [0.29, 0.717) is 6.42 Å². The first-order valence-electron chi connectivity index (χ1n) is 19.4. The number of ether oxygens (including phenoxy) is 1. The molecule has 0 amide bonds. The lowest BCUT2D eigenvalue weighted by molar-refractivity contribution is -0.150. The Morgan fingerprint density at radius 3 is 1.43 bits per heavy atom. The van der Waals surface area contributed by atoms with Crippen LogP contribution in [-0.4, -0.2) is 23.1 Å². The van der Waals surface area contributed by atoms with Gasteiger partial charge in [-0.3, -0.25) is 9.59 Å². The molecule has 0 aliphatic carbocycles. The van der Waals surface area contributed by atoms with Crippen LogP contribution >= 0.6 is 0 Å². The number of hydrogen-bond donors (Lipinski definition) is 1. The van der Waals surface area contributed by atoms with E-state index < -0.39 is 5.97 Å². The van der Waals surface area contributed by atoms with Gasteiger partial charge in [0, 0.05) is 12.8 Å². The Labute approximate surface area is 290 Å². The van der Waals surface area contributed by atoms with Crippen molar-refractivity contribution in [2.24, 2.45) is 0 Å². The van der Waals surface area contributed by atoms with Gasteiger partial charge in [-0.25, -0.2) is 0 Å². The van der Waals surface area contributed by atoms with Gasteiger partial charge in [-0.2, -0.15) is 0 Å². The predicted octanol–water partition coefficient (Wildman–Crippen LogP) is 13.5. The van der Waals surface area contributed by atoms with E-state index in [0.717, 1.165) is 116 Å². The molecule has 1 unspecified atom stereocenters. The Kier molecular flexibility index (Phi) is 35.7. The molecule has 0 spiro atoms. The molecule has 0 aliphatic heterocycles. The second kappa shape index (κ2) is 37.8. The van der Waals surface area contributed by atoms with Crippen LogP contribution in [0, 0.1) is 0 Å². The van der Waals surface area contributed by atoms with E-state index in [-0.39, 0.29) is 18.5 Å². The molecule has 0 aromatic heterocycles. The van der Waals surface area contributed by atoms with Crippen LogP contribution in [-0.2, 0) is 14.3 Å². The van der Waals surface area contributed by atoms with Crippen molar-refractivity contribution in [3.05, 3.63) is 72.9 Å². The number of carbonyl (C=O) groups excluding carboxylic acids is 1. The van der Waals surface area contributed by atoms with Gasteiger partial charge in [-0.05, 0) is 103 Å². The first-order chi connectivity index (χ1) is 23.1. The van der Waals surface area contributed by atoms with Gasteiger partial charge in [0.25, 0.3) is 0 Å². The molecule has 268 valence electrons. The normalized spacial score (nSPS) is 13.1. The minimum absolute atomic E-state index is 0.00669. The van der Waals surface area contributed by atoms with Gasteiger partial charge in [0.2, 0.25) is 0 Å². The molecular formula is C43H72O4.